The van der Waals surface area contributed by atoms with Crippen LogP contribution in [0.25, 0.3) is 0 Å². The van der Waals surface area contributed by atoms with E-state index < -0.39 is 0 Å². The van der Waals surface area contributed by atoms with Crippen LogP contribution in [0.1, 0.15) is 84.0 Å². The van der Waals surface area contributed by atoms with E-state index in [9.17, 15) is 0 Å². The van der Waals surface area contributed by atoms with Gasteiger partial charge >= 0.3 is 0 Å². The van der Waals surface area contributed by atoms with Crippen molar-refractivity contribution in [2.45, 2.75) is 90.0 Å². The van der Waals surface area contributed by atoms with Crippen LogP contribution in [0.4, 0.5) is 0 Å². The minimum atomic E-state index is 0.707. The molecule has 0 bridgehead atoms. The monoisotopic (exact) mass is 263 g/mol. The highest BCUT2D eigenvalue weighted by atomic mass is 14.9. The fourth-order valence-electron chi connectivity index (χ4n) is 3.87. The molecule has 2 aliphatic carbocycles. The molecular weight excluding hydrogens is 230 g/mol. The van der Waals surface area contributed by atoms with Crippen LogP contribution in [0, 0.1) is 5.92 Å². The number of hydrogen-bond acceptors (Lipinski definition) is 1. The second-order valence-corrected chi connectivity index (χ2v) is 6.56. The molecule has 1 unspecified atom stereocenters. The second kappa shape index (κ2) is 8.79. The zero-order chi connectivity index (χ0) is 13.3. The van der Waals surface area contributed by atoms with Crippen molar-refractivity contribution in [2.24, 2.45) is 5.92 Å². The van der Waals surface area contributed by atoms with E-state index >= 15 is 0 Å². The average Bonchev–Trinajstić information content (AvgIpc) is 2.42. The second-order valence-electron chi connectivity index (χ2n) is 6.56. The molecule has 0 saturated heterocycles. The van der Waals surface area contributed by atoms with Crippen molar-refractivity contribution in [3.63, 3.8) is 0 Å². The molecule has 1 nitrogen and oxygen atoms in total. The molecule has 0 aromatic heterocycles. The minimum absolute atomic E-state index is 0.707. The molecule has 2 aliphatic rings. The summed E-state index contributed by atoms with van der Waals surface area (Å²) in [7, 11) is 0. The van der Waals surface area contributed by atoms with Gasteiger partial charge in [0, 0.05) is 6.04 Å². The van der Waals surface area contributed by atoms with Crippen molar-refractivity contribution < 1.29 is 0 Å². The third-order valence-corrected chi connectivity index (χ3v) is 4.96. The van der Waals surface area contributed by atoms with Crippen molar-refractivity contribution in [3.05, 3.63) is 11.6 Å². The molecule has 1 atom stereocenters. The molecule has 0 aliphatic heterocycles. The van der Waals surface area contributed by atoms with Gasteiger partial charge < -0.3 is 5.32 Å². The normalized spacial score (nSPS) is 24.4. The van der Waals surface area contributed by atoms with Gasteiger partial charge in [0.15, 0.2) is 0 Å². The van der Waals surface area contributed by atoms with Crippen molar-refractivity contribution in [3.8, 4) is 0 Å². The summed E-state index contributed by atoms with van der Waals surface area (Å²) in [5.41, 5.74) is 1.76. The van der Waals surface area contributed by atoms with Crippen LogP contribution in [0.5, 0.6) is 0 Å². The molecule has 0 spiro atoms. The van der Waals surface area contributed by atoms with E-state index in [0.29, 0.717) is 6.04 Å². The van der Waals surface area contributed by atoms with Crippen molar-refractivity contribution in [1.29, 1.82) is 0 Å². The molecule has 1 N–H and O–H groups in total. The molecule has 0 amide bonds. The molecule has 0 radical (unpaired) electrons. The Labute approximate surface area is 120 Å². The zero-order valence-electron chi connectivity index (χ0n) is 12.9. The lowest BCUT2D eigenvalue weighted by Crippen LogP contribution is -2.39. The number of rotatable bonds is 5. The Kier molecular flexibility index (Phi) is 6.98. The Hall–Kier alpha value is -0.300. The molecule has 1 fully saturated rings. The van der Waals surface area contributed by atoms with Gasteiger partial charge in [-0.15, -0.1) is 0 Å². The molecule has 110 valence electrons. The molecule has 2 rings (SSSR count). The Balaban J connectivity index is 2.00. The van der Waals surface area contributed by atoms with Gasteiger partial charge in [-0.25, -0.2) is 0 Å². The van der Waals surface area contributed by atoms with Crippen molar-refractivity contribution in [1.82, 2.24) is 5.32 Å². The lowest BCUT2D eigenvalue weighted by atomic mass is 9.79. The van der Waals surface area contributed by atoms with E-state index in [1.54, 1.807) is 5.57 Å². The predicted molar refractivity (Wildman–Crippen MR) is 84.4 cm³/mol. The maximum Gasteiger partial charge on any atom is 0.0307 e. The summed E-state index contributed by atoms with van der Waals surface area (Å²) in [4.78, 5) is 0. The van der Waals surface area contributed by atoms with Crippen molar-refractivity contribution in [2.75, 3.05) is 6.54 Å². The minimum Gasteiger partial charge on any atom is -0.310 e. The smallest absolute Gasteiger partial charge is 0.0307 e. The van der Waals surface area contributed by atoms with Gasteiger partial charge in [0.2, 0.25) is 0 Å². The fourth-order valence-corrected chi connectivity index (χ4v) is 3.87. The molecule has 19 heavy (non-hydrogen) atoms. The van der Waals surface area contributed by atoms with E-state index in [2.05, 4.69) is 18.3 Å². The van der Waals surface area contributed by atoms with E-state index in [4.69, 9.17) is 0 Å². The van der Waals surface area contributed by atoms with Crippen LogP contribution >= 0.6 is 0 Å². The molecule has 1 heteroatoms. The lowest BCUT2D eigenvalue weighted by Gasteiger charge is -2.33. The first kappa shape index (κ1) is 15.1. The SMILES string of the molecule is CCCNC(C1=CCCCCCC1)C1CCCCC1. The predicted octanol–water partition coefficient (Wildman–Crippen LogP) is 5.22. The molecule has 0 aromatic carbocycles. The Morgan fingerprint density at radius 3 is 2.58 bits per heavy atom. The van der Waals surface area contributed by atoms with Crippen LogP contribution in [0.2, 0.25) is 0 Å². The van der Waals surface area contributed by atoms with Crippen LogP contribution < -0.4 is 5.32 Å². The zero-order valence-corrected chi connectivity index (χ0v) is 12.9. The fraction of sp³-hybridized carbons (Fsp3) is 0.889. The summed E-state index contributed by atoms with van der Waals surface area (Å²) >= 11 is 0. The number of allylic oxidation sites excluding steroid dienone is 1. The van der Waals surface area contributed by atoms with E-state index in [-0.39, 0.29) is 0 Å². The van der Waals surface area contributed by atoms with Gasteiger partial charge in [-0.3, -0.25) is 0 Å². The van der Waals surface area contributed by atoms with Crippen molar-refractivity contribution >= 4 is 0 Å². The van der Waals surface area contributed by atoms with Crippen LogP contribution in [-0.2, 0) is 0 Å². The molecular formula is C18H33N. The molecule has 1 saturated carbocycles. The summed E-state index contributed by atoms with van der Waals surface area (Å²) in [6.07, 6.45) is 19.6. The summed E-state index contributed by atoms with van der Waals surface area (Å²) in [5.74, 6) is 0.922. The molecule has 0 heterocycles. The quantitative estimate of drug-likeness (QED) is 0.671. The van der Waals surface area contributed by atoms with Gasteiger partial charge in [-0.05, 0) is 57.4 Å². The van der Waals surface area contributed by atoms with Crippen LogP contribution in [0.15, 0.2) is 11.6 Å². The Bertz CT molecular complexity index is 263. The van der Waals surface area contributed by atoms with Crippen LogP contribution in [0.3, 0.4) is 0 Å². The highest BCUT2D eigenvalue weighted by molar-refractivity contribution is 5.14. The maximum atomic E-state index is 3.89. The highest BCUT2D eigenvalue weighted by Gasteiger charge is 2.25. The van der Waals surface area contributed by atoms with Gasteiger partial charge in [0.05, 0.1) is 0 Å². The van der Waals surface area contributed by atoms with E-state index in [1.165, 1.54) is 83.6 Å². The van der Waals surface area contributed by atoms with Gasteiger partial charge in [-0.1, -0.05) is 50.7 Å². The summed E-state index contributed by atoms with van der Waals surface area (Å²) in [5, 5.41) is 3.89. The maximum absolute atomic E-state index is 3.89. The molecule has 0 aromatic rings. The summed E-state index contributed by atoms with van der Waals surface area (Å²) in [6, 6.07) is 0.707. The van der Waals surface area contributed by atoms with Gasteiger partial charge in [-0.2, -0.15) is 0 Å². The summed E-state index contributed by atoms with van der Waals surface area (Å²) in [6.45, 7) is 3.48. The first-order valence-corrected chi connectivity index (χ1v) is 8.84. The Morgan fingerprint density at radius 1 is 1.05 bits per heavy atom. The standard InChI is InChI=1S/C18H33N/c1-2-15-19-18(17-13-9-6-10-14-17)16-11-7-4-3-5-8-12-16/h11,17-19H,2-10,12-15H2,1H3. The van der Waals surface area contributed by atoms with Gasteiger partial charge in [0.1, 0.15) is 0 Å². The Morgan fingerprint density at radius 2 is 1.79 bits per heavy atom. The highest BCUT2D eigenvalue weighted by Crippen LogP contribution is 2.32. The van der Waals surface area contributed by atoms with E-state index in [0.717, 1.165) is 5.92 Å². The largest absolute Gasteiger partial charge is 0.310 e. The number of nitrogens with one attached hydrogen (secondary N) is 1. The first-order valence-electron chi connectivity index (χ1n) is 8.84. The van der Waals surface area contributed by atoms with Crippen LogP contribution in [-0.4, -0.2) is 12.6 Å². The third kappa shape index (κ3) is 4.95. The number of hydrogen-bond donors (Lipinski definition) is 1. The topological polar surface area (TPSA) is 12.0 Å². The summed E-state index contributed by atoms with van der Waals surface area (Å²) < 4.78 is 0. The van der Waals surface area contributed by atoms with E-state index in [1.807, 2.05) is 0 Å². The van der Waals surface area contributed by atoms with Gasteiger partial charge in [0.25, 0.3) is 0 Å². The average molecular weight is 263 g/mol. The third-order valence-electron chi connectivity index (χ3n) is 4.96. The lowest BCUT2D eigenvalue weighted by molar-refractivity contribution is 0.287. The first-order chi connectivity index (χ1) is 9.42.